The lowest BCUT2D eigenvalue weighted by Gasteiger charge is -2.21. The van der Waals surface area contributed by atoms with Crippen LogP contribution in [0.25, 0.3) is 35.4 Å². The summed E-state index contributed by atoms with van der Waals surface area (Å²) < 4.78 is 0. The third-order valence-electron chi connectivity index (χ3n) is 6.29. The van der Waals surface area contributed by atoms with Gasteiger partial charge in [0, 0.05) is 11.1 Å². The number of carbonyl (C=O) groups is 2. The molecule has 0 saturated heterocycles. The highest BCUT2D eigenvalue weighted by Crippen LogP contribution is 2.35. The average molecular weight is 441 g/mol. The van der Waals surface area contributed by atoms with Gasteiger partial charge < -0.3 is 0 Å². The summed E-state index contributed by atoms with van der Waals surface area (Å²) in [7, 11) is 0. The van der Waals surface area contributed by atoms with E-state index in [9.17, 15) is 9.59 Å². The molecule has 0 amide bonds. The molecule has 0 aliphatic heterocycles. The molecule has 0 aromatic heterocycles. The summed E-state index contributed by atoms with van der Waals surface area (Å²) in [6, 6.07) is 28.5. The number of benzene rings is 4. The predicted molar refractivity (Wildman–Crippen MR) is 141 cm³/mol. The van der Waals surface area contributed by atoms with Crippen LogP contribution in [0.15, 0.2) is 84.9 Å². The van der Waals surface area contributed by atoms with Gasteiger partial charge in [0.25, 0.3) is 0 Å². The standard InChI is InChI=1S/C32H24O2/c33-21-27-9-3-23(4-10-27)1-7-25-13-17-31-29(19-25)15-16-30-20-26(14-18-32(30)31)8-2-24-5-11-28(22-34)12-6-24/h1-14,17-22H,15-16H2/b7-1+,8-2+. The molecule has 0 heterocycles. The molecule has 5 rings (SSSR count). The molecule has 4 aromatic rings. The lowest BCUT2D eigenvalue weighted by Crippen LogP contribution is -2.04. The van der Waals surface area contributed by atoms with E-state index >= 15 is 0 Å². The molecule has 34 heavy (non-hydrogen) atoms. The minimum Gasteiger partial charge on any atom is -0.298 e. The molecular weight excluding hydrogens is 416 g/mol. The van der Waals surface area contributed by atoms with Gasteiger partial charge in [0.2, 0.25) is 0 Å². The molecule has 0 atom stereocenters. The Balaban J connectivity index is 1.34. The van der Waals surface area contributed by atoms with Gasteiger partial charge in [0.1, 0.15) is 12.6 Å². The first kappa shape index (κ1) is 21.5. The van der Waals surface area contributed by atoms with Crippen LogP contribution in [0.2, 0.25) is 0 Å². The van der Waals surface area contributed by atoms with E-state index in [-0.39, 0.29) is 0 Å². The third-order valence-corrected chi connectivity index (χ3v) is 6.29. The van der Waals surface area contributed by atoms with E-state index < -0.39 is 0 Å². The van der Waals surface area contributed by atoms with Gasteiger partial charge in [-0.1, -0.05) is 109 Å². The SMILES string of the molecule is O=Cc1ccc(/C=C/c2ccc3c(c2)CCc2cc(/C=C/c4ccc(C=O)cc4)ccc2-3)cc1. The molecule has 0 fully saturated rings. The fourth-order valence-electron chi connectivity index (χ4n) is 4.40. The molecule has 0 unspecified atom stereocenters. The van der Waals surface area contributed by atoms with Crippen molar-refractivity contribution in [1.29, 1.82) is 0 Å². The summed E-state index contributed by atoms with van der Waals surface area (Å²) in [5.74, 6) is 0. The third kappa shape index (κ3) is 4.72. The van der Waals surface area contributed by atoms with Crippen molar-refractivity contribution in [3.8, 4) is 11.1 Å². The largest absolute Gasteiger partial charge is 0.298 e. The highest BCUT2D eigenvalue weighted by Gasteiger charge is 2.16. The van der Waals surface area contributed by atoms with E-state index in [2.05, 4.69) is 60.7 Å². The fraction of sp³-hybridized carbons (Fsp3) is 0.0625. The van der Waals surface area contributed by atoms with E-state index in [0.717, 1.165) is 36.5 Å². The first-order valence-corrected chi connectivity index (χ1v) is 11.4. The summed E-state index contributed by atoms with van der Waals surface area (Å²) in [6.07, 6.45) is 12.2. The van der Waals surface area contributed by atoms with Crippen LogP contribution in [0.1, 0.15) is 54.1 Å². The second-order valence-corrected chi connectivity index (χ2v) is 8.57. The monoisotopic (exact) mass is 440 g/mol. The van der Waals surface area contributed by atoms with E-state index in [1.54, 1.807) is 0 Å². The maximum Gasteiger partial charge on any atom is 0.150 e. The van der Waals surface area contributed by atoms with E-state index in [1.807, 2.05) is 48.5 Å². The van der Waals surface area contributed by atoms with Crippen molar-refractivity contribution in [2.45, 2.75) is 12.8 Å². The second kappa shape index (κ2) is 9.68. The molecule has 1 aliphatic rings. The van der Waals surface area contributed by atoms with E-state index in [1.165, 1.54) is 33.4 Å². The number of fused-ring (bicyclic) bond motifs is 3. The summed E-state index contributed by atoms with van der Waals surface area (Å²) in [5.41, 5.74) is 11.3. The maximum atomic E-state index is 10.8. The zero-order valence-corrected chi connectivity index (χ0v) is 18.8. The molecule has 4 aromatic carbocycles. The van der Waals surface area contributed by atoms with Crippen molar-refractivity contribution in [2.75, 3.05) is 0 Å². The Kier molecular flexibility index (Phi) is 6.13. The van der Waals surface area contributed by atoms with Crippen molar-refractivity contribution in [1.82, 2.24) is 0 Å². The predicted octanol–water partition coefficient (Wildman–Crippen LogP) is 7.42. The molecule has 0 N–H and O–H groups in total. The molecule has 2 heteroatoms. The Labute approximate surface area is 199 Å². The van der Waals surface area contributed by atoms with Crippen LogP contribution in [-0.2, 0) is 12.8 Å². The van der Waals surface area contributed by atoms with Crippen molar-refractivity contribution < 1.29 is 9.59 Å². The Morgan fingerprint density at radius 2 is 0.735 bits per heavy atom. The zero-order chi connectivity index (χ0) is 23.3. The van der Waals surface area contributed by atoms with Crippen LogP contribution in [0.4, 0.5) is 0 Å². The van der Waals surface area contributed by atoms with Gasteiger partial charge in [-0.05, 0) is 57.3 Å². The van der Waals surface area contributed by atoms with Gasteiger partial charge in [-0.2, -0.15) is 0 Å². The van der Waals surface area contributed by atoms with Gasteiger partial charge in [-0.3, -0.25) is 9.59 Å². The van der Waals surface area contributed by atoms with Gasteiger partial charge >= 0.3 is 0 Å². The summed E-state index contributed by atoms with van der Waals surface area (Å²) in [5, 5.41) is 0. The number of aldehydes is 2. The topological polar surface area (TPSA) is 34.1 Å². The fourth-order valence-corrected chi connectivity index (χ4v) is 4.40. The lowest BCUT2D eigenvalue weighted by atomic mass is 9.84. The number of hydrogen-bond donors (Lipinski definition) is 0. The number of rotatable bonds is 6. The normalized spacial score (nSPS) is 12.5. The molecule has 0 radical (unpaired) electrons. The highest BCUT2D eigenvalue weighted by molar-refractivity contribution is 5.80. The minimum atomic E-state index is 0.691. The zero-order valence-electron chi connectivity index (χ0n) is 18.8. The summed E-state index contributed by atoms with van der Waals surface area (Å²) in [6.45, 7) is 0. The number of hydrogen-bond acceptors (Lipinski definition) is 2. The molecule has 1 aliphatic carbocycles. The highest BCUT2D eigenvalue weighted by atomic mass is 16.1. The van der Waals surface area contributed by atoms with Crippen LogP contribution >= 0.6 is 0 Å². The quantitative estimate of drug-likeness (QED) is 0.231. The smallest absolute Gasteiger partial charge is 0.150 e. The molecule has 0 saturated carbocycles. The van der Waals surface area contributed by atoms with Crippen LogP contribution in [0.5, 0.6) is 0 Å². The first-order chi connectivity index (χ1) is 16.7. The molecule has 0 bridgehead atoms. The van der Waals surface area contributed by atoms with Crippen molar-refractivity contribution in [3.63, 3.8) is 0 Å². The van der Waals surface area contributed by atoms with Gasteiger partial charge in [-0.25, -0.2) is 0 Å². The molecule has 0 spiro atoms. The molecule has 2 nitrogen and oxygen atoms in total. The Bertz CT molecular complexity index is 1290. The number of aryl methyl sites for hydroxylation is 2. The summed E-state index contributed by atoms with van der Waals surface area (Å²) in [4.78, 5) is 21.6. The maximum absolute atomic E-state index is 10.8. The van der Waals surface area contributed by atoms with Crippen molar-refractivity contribution >= 4 is 36.9 Å². The van der Waals surface area contributed by atoms with E-state index in [4.69, 9.17) is 0 Å². The molecule has 164 valence electrons. The van der Waals surface area contributed by atoms with Crippen LogP contribution < -0.4 is 0 Å². The average Bonchev–Trinajstić information content (AvgIpc) is 2.91. The first-order valence-electron chi connectivity index (χ1n) is 11.4. The van der Waals surface area contributed by atoms with Gasteiger partial charge in [0.15, 0.2) is 0 Å². The van der Waals surface area contributed by atoms with Gasteiger partial charge in [-0.15, -0.1) is 0 Å². The van der Waals surface area contributed by atoms with Crippen LogP contribution in [0.3, 0.4) is 0 Å². The van der Waals surface area contributed by atoms with Crippen molar-refractivity contribution in [2.24, 2.45) is 0 Å². The Morgan fingerprint density at radius 1 is 0.412 bits per heavy atom. The van der Waals surface area contributed by atoms with Crippen molar-refractivity contribution in [3.05, 3.63) is 129 Å². The Hall–Kier alpha value is -4.30. The van der Waals surface area contributed by atoms with Crippen LogP contribution in [-0.4, -0.2) is 12.6 Å². The molecular formula is C32H24O2. The Morgan fingerprint density at radius 3 is 1.12 bits per heavy atom. The summed E-state index contributed by atoms with van der Waals surface area (Å²) >= 11 is 0. The number of carbonyl (C=O) groups excluding carboxylic acids is 2. The second-order valence-electron chi connectivity index (χ2n) is 8.57. The van der Waals surface area contributed by atoms with E-state index in [0.29, 0.717) is 11.1 Å². The van der Waals surface area contributed by atoms with Gasteiger partial charge in [0.05, 0.1) is 0 Å². The lowest BCUT2D eigenvalue weighted by molar-refractivity contribution is 0.111. The van der Waals surface area contributed by atoms with Crippen LogP contribution in [0, 0.1) is 0 Å². The minimum absolute atomic E-state index is 0.691.